The van der Waals surface area contributed by atoms with Gasteiger partial charge in [-0.1, -0.05) is 18.2 Å². The molecule has 1 atom stereocenters. The van der Waals surface area contributed by atoms with Crippen molar-refractivity contribution in [3.05, 3.63) is 59.4 Å². The SMILES string of the molecule is COc1ccc(C(N)c2cccc(C)n2)cc1. The fourth-order valence-corrected chi connectivity index (χ4v) is 1.72. The van der Waals surface area contributed by atoms with Crippen LogP contribution in [0.25, 0.3) is 0 Å². The van der Waals surface area contributed by atoms with Gasteiger partial charge in [-0.25, -0.2) is 0 Å². The van der Waals surface area contributed by atoms with Crippen LogP contribution in [-0.4, -0.2) is 12.1 Å². The molecule has 1 unspecified atom stereocenters. The number of aromatic nitrogens is 1. The number of hydrogen-bond donors (Lipinski definition) is 1. The first kappa shape index (κ1) is 11.6. The van der Waals surface area contributed by atoms with Crippen molar-refractivity contribution in [2.24, 2.45) is 5.73 Å². The molecule has 0 aliphatic carbocycles. The molecule has 1 aromatic carbocycles. The third kappa shape index (κ3) is 2.63. The second-order valence-corrected chi connectivity index (χ2v) is 3.95. The lowest BCUT2D eigenvalue weighted by Gasteiger charge is -2.12. The molecule has 0 aliphatic rings. The zero-order valence-electron chi connectivity index (χ0n) is 10.1. The predicted molar refractivity (Wildman–Crippen MR) is 68.0 cm³/mol. The van der Waals surface area contributed by atoms with Crippen LogP contribution in [0.2, 0.25) is 0 Å². The standard InChI is InChI=1S/C14H16N2O/c1-10-4-3-5-13(16-10)14(15)11-6-8-12(17-2)9-7-11/h3-9,14H,15H2,1-2H3. The maximum absolute atomic E-state index is 6.17. The molecule has 3 nitrogen and oxygen atoms in total. The number of hydrogen-bond acceptors (Lipinski definition) is 3. The van der Waals surface area contributed by atoms with Gasteiger partial charge in [-0.3, -0.25) is 4.98 Å². The molecule has 1 aromatic heterocycles. The molecule has 0 aliphatic heterocycles. The first-order chi connectivity index (χ1) is 8.20. The van der Waals surface area contributed by atoms with Crippen LogP contribution >= 0.6 is 0 Å². The second-order valence-electron chi connectivity index (χ2n) is 3.95. The van der Waals surface area contributed by atoms with Gasteiger partial charge in [-0.15, -0.1) is 0 Å². The molecule has 0 amide bonds. The Hall–Kier alpha value is -1.87. The fourth-order valence-electron chi connectivity index (χ4n) is 1.72. The summed E-state index contributed by atoms with van der Waals surface area (Å²) in [4.78, 5) is 4.44. The molecule has 0 saturated carbocycles. The summed E-state index contributed by atoms with van der Waals surface area (Å²) in [7, 11) is 1.65. The largest absolute Gasteiger partial charge is 0.497 e. The van der Waals surface area contributed by atoms with E-state index in [-0.39, 0.29) is 6.04 Å². The lowest BCUT2D eigenvalue weighted by atomic mass is 10.0. The van der Waals surface area contributed by atoms with Gasteiger partial charge in [-0.05, 0) is 36.8 Å². The number of nitrogens with zero attached hydrogens (tertiary/aromatic N) is 1. The number of ether oxygens (including phenoxy) is 1. The van der Waals surface area contributed by atoms with E-state index >= 15 is 0 Å². The van der Waals surface area contributed by atoms with Crippen LogP contribution in [0.15, 0.2) is 42.5 Å². The van der Waals surface area contributed by atoms with E-state index in [1.54, 1.807) is 7.11 Å². The molecule has 2 N–H and O–H groups in total. The first-order valence-electron chi connectivity index (χ1n) is 5.54. The van der Waals surface area contributed by atoms with Gasteiger partial charge in [0.25, 0.3) is 0 Å². The van der Waals surface area contributed by atoms with Gasteiger partial charge in [0.05, 0.1) is 18.8 Å². The number of methoxy groups -OCH3 is 1. The third-order valence-electron chi connectivity index (χ3n) is 2.70. The molecule has 88 valence electrons. The maximum atomic E-state index is 6.17. The van der Waals surface area contributed by atoms with Gasteiger partial charge in [0.15, 0.2) is 0 Å². The van der Waals surface area contributed by atoms with Gasteiger partial charge in [-0.2, -0.15) is 0 Å². The van der Waals surface area contributed by atoms with Crippen LogP contribution in [0.4, 0.5) is 0 Å². The maximum Gasteiger partial charge on any atom is 0.118 e. The summed E-state index contributed by atoms with van der Waals surface area (Å²) >= 11 is 0. The lowest BCUT2D eigenvalue weighted by molar-refractivity contribution is 0.414. The molecule has 0 saturated heterocycles. The van der Waals surface area contributed by atoms with E-state index in [1.165, 1.54) is 0 Å². The predicted octanol–water partition coefficient (Wildman–Crippen LogP) is 2.45. The lowest BCUT2D eigenvalue weighted by Crippen LogP contribution is -2.13. The van der Waals surface area contributed by atoms with Crippen LogP contribution in [0, 0.1) is 6.92 Å². The minimum Gasteiger partial charge on any atom is -0.497 e. The van der Waals surface area contributed by atoms with Gasteiger partial charge < -0.3 is 10.5 Å². The Bertz CT molecular complexity index is 494. The van der Waals surface area contributed by atoms with Crippen molar-refractivity contribution in [1.82, 2.24) is 4.98 Å². The van der Waals surface area contributed by atoms with Crippen LogP contribution in [-0.2, 0) is 0 Å². The number of aryl methyl sites for hydroxylation is 1. The molecule has 17 heavy (non-hydrogen) atoms. The Kier molecular flexibility index (Phi) is 3.40. The first-order valence-corrected chi connectivity index (χ1v) is 5.54. The molecule has 1 heterocycles. The minimum atomic E-state index is -0.194. The summed E-state index contributed by atoms with van der Waals surface area (Å²) in [5.74, 6) is 0.832. The molecule has 2 aromatic rings. The third-order valence-corrected chi connectivity index (χ3v) is 2.70. The summed E-state index contributed by atoms with van der Waals surface area (Å²) in [6.07, 6.45) is 0. The average molecular weight is 228 g/mol. The van der Waals surface area contributed by atoms with E-state index in [0.29, 0.717) is 0 Å². The van der Waals surface area contributed by atoms with Crippen molar-refractivity contribution < 1.29 is 4.74 Å². The smallest absolute Gasteiger partial charge is 0.118 e. The van der Waals surface area contributed by atoms with Crippen LogP contribution < -0.4 is 10.5 Å². The zero-order valence-corrected chi connectivity index (χ0v) is 10.1. The van der Waals surface area contributed by atoms with Crippen LogP contribution in [0.3, 0.4) is 0 Å². The number of nitrogens with two attached hydrogens (primary N) is 1. The Balaban J connectivity index is 2.27. The highest BCUT2D eigenvalue weighted by atomic mass is 16.5. The van der Waals surface area contributed by atoms with E-state index < -0.39 is 0 Å². The second kappa shape index (κ2) is 4.97. The highest BCUT2D eigenvalue weighted by molar-refractivity contribution is 5.33. The highest BCUT2D eigenvalue weighted by Crippen LogP contribution is 2.20. The topological polar surface area (TPSA) is 48.1 Å². The molecular formula is C14H16N2O. The molecule has 0 radical (unpaired) electrons. The molecular weight excluding hydrogens is 212 g/mol. The fraction of sp³-hybridized carbons (Fsp3) is 0.214. The van der Waals surface area contributed by atoms with Crippen molar-refractivity contribution in [3.8, 4) is 5.75 Å². The van der Waals surface area contributed by atoms with Crippen molar-refractivity contribution in [1.29, 1.82) is 0 Å². The molecule has 0 fully saturated rings. The van der Waals surface area contributed by atoms with Crippen molar-refractivity contribution >= 4 is 0 Å². The summed E-state index contributed by atoms with van der Waals surface area (Å²) in [5, 5.41) is 0. The molecule has 0 spiro atoms. The number of benzene rings is 1. The van der Waals surface area contributed by atoms with Crippen molar-refractivity contribution in [2.45, 2.75) is 13.0 Å². The van der Waals surface area contributed by atoms with Gasteiger partial charge >= 0.3 is 0 Å². The van der Waals surface area contributed by atoms with E-state index in [4.69, 9.17) is 10.5 Å². The summed E-state index contributed by atoms with van der Waals surface area (Å²) < 4.78 is 5.12. The molecule has 2 rings (SSSR count). The summed E-state index contributed by atoms with van der Waals surface area (Å²) in [5.41, 5.74) is 9.07. The molecule has 0 bridgehead atoms. The summed E-state index contributed by atoms with van der Waals surface area (Å²) in [6, 6.07) is 13.4. The van der Waals surface area contributed by atoms with E-state index in [1.807, 2.05) is 49.4 Å². The van der Waals surface area contributed by atoms with Gasteiger partial charge in [0, 0.05) is 5.69 Å². The average Bonchev–Trinajstić information content (AvgIpc) is 2.38. The quantitative estimate of drug-likeness (QED) is 0.877. The van der Waals surface area contributed by atoms with E-state index in [2.05, 4.69) is 4.98 Å². The Morgan fingerprint density at radius 1 is 1.12 bits per heavy atom. The number of rotatable bonds is 3. The normalized spacial score (nSPS) is 12.2. The monoisotopic (exact) mass is 228 g/mol. The highest BCUT2D eigenvalue weighted by Gasteiger charge is 2.10. The van der Waals surface area contributed by atoms with E-state index in [9.17, 15) is 0 Å². The van der Waals surface area contributed by atoms with Gasteiger partial charge in [0.1, 0.15) is 5.75 Å². The van der Waals surface area contributed by atoms with Crippen LogP contribution in [0.1, 0.15) is 23.0 Å². The van der Waals surface area contributed by atoms with Crippen molar-refractivity contribution in [3.63, 3.8) is 0 Å². The van der Waals surface area contributed by atoms with E-state index in [0.717, 1.165) is 22.7 Å². The minimum absolute atomic E-state index is 0.194. The molecule has 3 heteroatoms. The zero-order chi connectivity index (χ0) is 12.3. The Labute approximate surface area is 101 Å². The summed E-state index contributed by atoms with van der Waals surface area (Å²) in [6.45, 7) is 1.96. The Morgan fingerprint density at radius 2 is 1.82 bits per heavy atom. The number of pyridine rings is 1. The van der Waals surface area contributed by atoms with Crippen molar-refractivity contribution in [2.75, 3.05) is 7.11 Å². The van der Waals surface area contributed by atoms with Crippen LogP contribution in [0.5, 0.6) is 5.75 Å². The van der Waals surface area contributed by atoms with Gasteiger partial charge in [0.2, 0.25) is 0 Å². The Morgan fingerprint density at radius 3 is 2.41 bits per heavy atom.